The summed E-state index contributed by atoms with van der Waals surface area (Å²) in [6.07, 6.45) is 5.24. The van der Waals surface area contributed by atoms with Crippen molar-refractivity contribution in [3.05, 3.63) is 24.0 Å². The Labute approximate surface area is 109 Å². The fourth-order valence-electron chi connectivity index (χ4n) is 1.97. The molecule has 1 aromatic heterocycles. The molecule has 0 spiro atoms. The van der Waals surface area contributed by atoms with Crippen molar-refractivity contribution < 1.29 is 4.79 Å². The zero-order valence-electron chi connectivity index (χ0n) is 11.3. The Morgan fingerprint density at radius 1 is 1.50 bits per heavy atom. The third-order valence-electron chi connectivity index (χ3n) is 3.11. The average Bonchev–Trinajstić information content (AvgIpc) is 2.34. The maximum absolute atomic E-state index is 11.8. The van der Waals surface area contributed by atoms with Gasteiger partial charge in [0.1, 0.15) is 0 Å². The quantitative estimate of drug-likeness (QED) is 0.780. The summed E-state index contributed by atoms with van der Waals surface area (Å²) in [5, 5.41) is 2.89. The molecule has 1 rings (SSSR count). The van der Waals surface area contributed by atoms with E-state index in [9.17, 15) is 4.79 Å². The summed E-state index contributed by atoms with van der Waals surface area (Å²) in [6, 6.07) is 3.68. The summed E-state index contributed by atoms with van der Waals surface area (Å²) < 4.78 is 0. The number of hydrogen-bond donors (Lipinski definition) is 2. The molecule has 18 heavy (non-hydrogen) atoms. The number of carbonyl (C=O) groups excluding carboxylic acids is 1. The van der Waals surface area contributed by atoms with Gasteiger partial charge in [-0.2, -0.15) is 0 Å². The zero-order chi connectivity index (χ0) is 13.4. The minimum atomic E-state index is 0.0658. The number of nitrogens with two attached hydrogens (primary N) is 1. The number of aromatic nitrogens is 1. The fourth-order valence-corrected chi connectivity index (χ4v) is 1.97. The molecule has 1 atom stereocenters. The number of amides is 1. The predicted molar refractivity (Wildman–Crippen MR) is 74.3 cm³/mol. The molecule has 0 radical (unpaired) electrons. The van der Waals surface area contributed by atoms with Gasteiger partial charge in [-0.15, -0.1) is 0 Å². The summed E-state index contributed by atoms with van der Waals surface area (Å²) in [5.74, 6) is 0.621. The minimum absolute atomic E-state index is 0.0658. The summed E-state index contributed by atoms with van der Waals surface area (Å²) in [4.78, 5) is 15.9. The number of anilines is 1. The van der Waals surface area contributed by atoms with Crippen LogP contribution in [0.1, 0.15) is 38.3 Å². The largest absolute Gasteiger partial charge is 0.330 e. The maximum atomic E-state index is 11.8. The molecule has 0 saturated heterocycles. The van der Waals surface area contributed by atoms with E-state index in [2.05, 4.69) is 17.2 Å². The predicted octanol–water partition coefficient (Wildman–Crippen LogP) is 2.48. The highest BCUT2D eigenvalue weighted by molar-refractivity contribution is 5.90. The molecule has 100 valence electrons. The highest BCUT2D eigenvalue weighted by Crippen LogP contribution is 2.15. The monoisotopic (exact) mass is 249 g/mol. The lowest BCUT2D eigenvalue weighted by molar-refractivity contribution is -0.116. The van der Waals surface area contributed by atoms with Crippen molar-refractivity contribution in [3.8, 4) is 0 Å². The van der Waals surface area contributed by atoms with Crippen molar-refractivity contribution in [1.29, 1.82) is 0 Å². The zero-order valence-corrected chi connectivity index (χ0v) is 11.3. The van der Waals surface area contributed by atoms with Crippen molar-refractivity contribution in [2.45, 2.75) is 39.5 Å². The van der Waals surface area contributed by atoms with Gasteiger partial charge in [0, 0.05) is 24.0 Å². The number of pyridine rings is 1. The Morgan fingerprint density at radius 3 is 2.89 bits per heavy atom. The summed E-state index contributed by atoms with van der Waals surface area (Å²) in [5.41, 5.74) is 7.27. The topological polar surface area (TPSA) is 68.0 Å². The molecule has 1 heterocycles. The van der Waals surface area contributed by atoms with E-state index in [1.165, 1.54) is 0 Å². The Hall–Kier alpha value is -1.42. The van der Waals surface area contributed by atoms with Crippen molar-refractivity contribution in [2.24, 2.45) is 11.7 Å². The molecule has 4 nitrogen and oxygen atoms in total. The molecule has 1 amide bonds. The van der Waals surface area contributed by atoms with Gasteiger partial charge in [-0.25, -0.2) is 0 Å². The molecule has 3 N–H and O–H groups in total. The van der Waals surface area contributed by atoms with Gasteiger partial charge < -0.3 is 11.1 Å². The fraction of sp³-hybridized carbons (Fsp3) is 0.571. The number of carbonyl (C=O) groups is 1. The third-order valence-corrected chi connectivity index (χ3v) is 3.11. The van der Waals surface area contributed by atoms with Crippen LogP contribution in [0.15, 0.2) is 18.3 Å². The standard InChI is InChI=1S/C14H23N3O/c1-3-12(6-8-15)4-5-14(18)17-13-7-9-16-11(2)10-13/h7,9-10,12H,3-6,8,15H2,1-2H3,(H,16,17,18). The highest BCUT2D eigenvalue weighted by atomic mass is 16.1. The Balaban J connectivity index is 2.37. The number of hydrogen-bond acceptors (Lipinski definition) is 3. The van der Waals surface area contributed by atoms with Crippen molar-refractivity contribution in [3.63, 3.8) is 0 Å². The van der Waals surface area contributed by atoms with E-state index in [0.717, 1.165) is 30.6 Å². The van der Waals surface area contributed by atoms with Crippen molar-refractivity contribution >= 4 is 11.6 Å². The van der Waals surface area contributed by atoms with Crippen LogP contribution >= 0.6 is 0 Å². The number of nitrogens with one attached hydrogen (secondary N) is 1. The molecule has 0 aromatic carbocycles. The third kappa shape index (κ3) is 5.27. The van der Waals surface area contributed by atoms with E-state index in [1.54, 1.807) is 6.20 Å². The second-order valence-corrected chi connectivity index (χ2v) is 4.62. The van der Waals surface area contributed by atoms with Gasteiger partial charge in [-0.3, -0.25) is 9.78 Å². The van der Waals surface area contributed by atoms with Crippen LogP contribution in [0.3, 0.4) is 0 Å². The van der Waals surface area contributed by atoms with Crippen molar-refractivity contribution in [1.82, 2.24) is 4.98 Å². The van der Waals surface area contributed by atoms with Gasteiger partial charge in [0.25, 0.3) is 0 Å². The van der Waals surface area contributed by atoms with E-state index in [-0.39, 0.29) is 5.91 Å². The number of rotatable bonds is 7. The van der Waals surface area contributed by atoms with Gasteiger partial charge >= 0.3 is 0 Å². The van der Waals surface area contributed by atoms with Crippen molar-refractivity contribution in [2.75, 3.05) is 11.9 Å². The average molecular weight is 249 g/mol. The number of nitrogens with zero attached hydrogens (tertiary/aromatic N) is 1. The second kappa shape index (κ2) is 7.82. The Bertz CT molecular complexity index is 379. The molecule has 0 saturated carbocycles. The van der Waals surface area contributed by atoms with Crippen LogP contribution in [0.2, 0.25) is 0 Å². The first kappa shape index (κ1) is 14.6. The molecule has 1 aromatic rings. The van der Waals surface area contributed by atoms with Crippen LogP contribution in [0.4, 0.5) is 5.69 Å². The SMILES string of the molecule is CCC(CCN)CCC(=O)Nc1ccnc(C)c1. The van der Waals surface area contributed by atoms with Gasteiger partial charge in [0.05, 0.1) is 0 Å². The molecule has 0 aliphatic heterocycles. The lowest BCUT2D eigenvalue weighted by Crippen LogP contribution is -2.15. The molecule has 0 fully saturated rings. The molecule has 0 aliphatic rings. The van der Waals surface area contributed by atoms with Crippen LogP contribution < -0.4 is 11.1 Å². The molecule has 1 unspecified atom stereocenters. The summed E-state index contributed by atoms with van der Waals surface area (Å²) in [7, 11) is 0. The summed E-state index contributed by atoms with van der Waals surface area (Å²) >= 11 is 0. The van der Waals surface area contributed by atoms with E-state index < -0.39 is 0 Å². The summed E-state index contributed by atoms with van der Waals surface area (Å²) in [6.45, 7) is 4.75. The molecule has 0 aliphatic carbocycles. The lowest BCUT2D eigenvalue weighted by Gasteiger charge is -2.13. The first-order valence-electron chi connectivity index (χ1n) is 6.58. The van der Waals surface area contributed by atoms with E-state index in [1.807, 2.05) is 19.1 Å². The van der Waals surface area contributed by atoms with E-state index >= 15 is 0 Å². The molecule has 4 heteroatoms. The van der Waals surface area contributed by atoms with Gasteiger partial charge in [0.2, 0.25) is 5.91 Å². The van der Waals surface area contributed by atoms with Gasteiger partial charge in [-0.05, 0) is 44.4 Å². The van der Waals surface area contributed by atoms with Crippen LogP contribution in [-0.4, -0.2) is 17.4 Å². The number of aryl methyl sites for hydroxylation is 1. The smallest absolute Gasteiger partial charge is 0.224 e. The molecular formula is C14H23N3O. The van der Waals surface area contributed by atoms with E-state index in [0.29, 0.717) is 18.9 Å². The normalized spacial score (nSPS) is 12.2. The Morgan fingerprint density at radius 2 is 2.28 bits per heavy atom. The first-order chi connectivity index (χ1) is 8.65. The van der Waals surface area contributed by atoms with E-state index in [4.69, 9.17) is 5.73 Å². The minimum Gasteiger partial charge on any atom is -0.330 e. The van der Waals surface area contributed by atoms with Crippen LogP contribution in [0.5, 0.6) is 0 Å². The first-order valence-corrected chi connectivity index (χ1v) is 6.58. The molecular weight excluding hydrogens is 226 g/mol. The Kier molecular flexibility index (Phi) is 6.36. The second-order valence-electron chi connectivity index (χ2n) is 4.62. The van der Waals surface area contributed by atoms with Crippen LogP contribution in [0, 0.1) is 12.8 Å². The molecule has 0 bridgehead atoms. The van der Waals surface area contributed by atoms with Gasteiger partial charge in [-0.1, -0.05) is 13.3 Å². The van der Waals surface area contributed by atoms with Crippen LogP contribution in [0.25, 0.3) is 0 Å². The highest BCUT2D eigenvalue weighted by Gasteiger charge is 2.09. The lowest BCUT2D eigenvalue weighted by atomic mass is 9.96. The van der Waals surface area contributed by atoms with Crippen LogP contribution in [-0.2, 0) is 4.79 Å². The maximum Gasteiger partial charge on any atom is 0.224 e. The van der Waals surface area contributed by atoms with Gasteiger partial charge in [0.15, 0.2) is 0 Å².